The first kappa shape index (κ1) is 7.80. The fraction of sp³-hybridized carbons (Fsp3) is 0.667. The van der Waals surface area contributed by atoms with Gasteiger partial charge in [-0.2, -0.15) is 0 Å². The Morgan fingerprint density at radius 1 is 1.50 bits per heavy atom. The Labute approximate surface area is 71.6 Å². The molecule has 2 aliphatic carbocycles. The van der Waals surface area contributed by atoms with Gasteiger partial charge in [0.05, 0.1) is 13.0 Å². The van der Waals surface area contributed by atoms with Gasteiger partial charge in [0.1, 0.15) is 0 Å². The lowest BCUT2D eigenvalue weighted by Gasteiger charge is -2.21. The number of esters is 1. The van der Waals surface area contributed by atoms with Crippen molar-refractivity contribution in [1.82, 2.24) is 0 Å². The molecule has 0 aromatic rings. The van der Waals surface area contributed by atoms with E-state index >= 15 is 0 Å². The molecule has 2 aliphatic rings. The van der Waals surface area contributed by atoms with E-state index in [9.17, 15) is 4.79 Å². The number of rotatable bonds is 1. The summed E-state index contributed by atoms with van der Waals surface area (Å²) < 4.78 is 4.70. The van der Waals surface area contributed by atoms with E-state index in [1.54, 1.807) is 0 Å². The molecule has 0 radical (unpaired) electrons. The van der Waals surface area contributed by atoms with Crippen LogP contribution in [0.4, 0.5) is 0 Å². The summed E-state index contributed by atoms with van der Waals surface area (Å²) >= 11 is 0. The lowest BCUT2D eigenvalue weighted by atomic mass is 9.90. The van der Waals surface area contributed by atoms with Crippen molar-refractivity contribution in [3.63, 3.8) is 0 Å². The van der Waals surface area contributed by atoms with E-state index in [4.69, 9.17) is 10.5 Å². The van der Waals surface area contributed by atoms with Gasteiger partial charge < -0.3 is 10.5 Å². The normalized spacial score (nSPS) is 43.5. The van der Waals surface area contributed by atoms with Crippen LogP contribution in [0.5, 0.6) is 0 Å². The van der Waals surface area contributed by atoms with Crippen LogP contribution in [0.1, 0.15) is 6.42 Å². The SMILES string of the molecule is COC(=O)[C@@H]1[C@@H](N)[C@H]2C=C[C@H]1C2. The molecular formula is C9H13NO2. The number of allylic oxidation sites excluding steroid dienone is 1. The minimum atomic E-state index is -0.153. The van der Waals surface area contributed by atoms with Crippen molar-refractivity contribution in [1.29, 1.82) is 0 Å². The maximum absolute atomic E-state index is 11.3. The molecule has 0 amide bonds. The second kappa shape index (κ2) is 2.59. The van der Waals surface area contributed by atoms with Crippen LogP contribution < -0.4 is 5.73 Å². The Bertz CT molecular complexity index is 237. The van der Waals surface area contributed by atoms with E-state index in [0.29, 0.717) is 11.8 Å². The van der Waals surface area contributed by atoms with E-state index < -0.39 is 0 Å². The molecule has 0 aromatic carbocycles. The van der Waals surface area contributed by atoms with Gasteiger partial charge in [0, 0.05) is 6.04 Å². The van der Waals surface area contributed by atoms with Crippen molar-refractivity contribution in [3.05, 3.63) is 12.2 Å². The summed E-state index contributed by atoms with van der Waals surface area (Å²) in [6, 6.07) is -0.0209. The van der Waals surface area contributed by atoms with E-state index in [1.165, 1.54) is 7.11 Å². The molecule has 3 nitrogen and oxygen atoms in total. The van der Waals surface area contributed by atoms with Gasteiger partial charge in [0.15, 0.2) is 0 Å². The van der Waals surface area contributed by atoms with Crippen molar-refractivity contribution >= 4 is 5.97 Å². The van der Waals surface area contributed by atoms with Gasteiger partial charge in [-0.15, -0.1) is 0 Å². The molecule has 0 unspecified atom stereocenters. The monoisotopic (exact) mass is 167 g/mol. The van der Waals surface area contributed by atoms with Crippen molar-refractivity contribution in [2.45, 2.75) is 12.5 Å². The molecular weight excluding hydrogens is 154 g/mol. The van der Waals surface area contributed by atoms with Crippen LogP contribution in [0.15, 0.2) is 12.2 Å². The zero-order valence-electron chi connectivity index (χ0n) is 7.07. The first-order valence-corrected chi connectivity index (χ1v) is 4.26. The molecule has 0 aliphatic heterocycles. The number of carbonyl (C=O) groups is 1. The van der Waals surface area contributed by atoms with Crippen molar-refractivity contribution in [2.24, 2.45) is 23.5 Å². The number of nitrogens with two attached hydrogens (primary N) is 1. The van der Waals surface area contributed by atoms with E-state index in [0.717, 1.165) is 6.42 Å². The minimum absolute atomic E-state index is 0.0209. The molecule has 0 saturated heterocycles. The highest BCUT2D eigenvalue weighted by Gasteiger charge is 2.46. The molecule has 2 N–H and O–H groups in total. The van der Waals surface area contributed by atoms with E-state index in [-0.39, 0.29) is 17.9 Å². The van der Waals surface area contributed by atoms with Crippen LogP contribution in [0, 0.1) is 17.8 Å². The maximum atomic E-state index is 11.3. The highest BCUT2D eigenvalue weighted by molar-refractivity contribution is 5.75. The van der Waals surface area contributed by atoms with Crippen LogP contribution in [0.25, 0.3) is 0 Å². The number of ether oxygens (including phenoxy) is 1. The van der Waals surface area contributed by atoms with Crippen LogP contribution >= 0.6 is 0 Å². The molecule has 4 atom stereocenters. The van der Waals surface area contributed by atoms with Gasteiger partial charge in [-0.05, 0) is 18.3 Å². The summed E-state index contributed by atoms with van der Waals surface area (Å²) in [7, 11) is 1.42. The predicted octanol–water partition coefficient (Wildman–Crippen LogP) is 0.309. The van der Waals surface area contributed by atoms with Gasteiger partial charge in [-0.1, -0.05) is 12.2 Å². The number of hydrogen-bond acceptors (Lipinski definition) is 3. The molecule has 0 aromatic heterocycles. The van der Waals surface area contributed by atoms with Gasteiger partial charge >= 0.3 is 5.97 Å². The largest absolute Gasteiger partial charge is 0.469 e. The predicted molar refractivity (Wildman–Crippen MR) is 44.2 cm³/mol. The Morgan fingerprint density at radius 2 is 2.17 bits per heavy atom. The highest BCUT2D eigenvalue weighted by Crippen LogP contribution is 2.42. The van der Waals surface area contributed by atoms with Crippen LogP contribution in [0.3, 0.4) is 0 Å². The zero-order chi connectivity index (χ0) is 8.72. The van der Waals surface area contributed by atoms with Crippen molar-refractivity contribution < 1.29 is 9.53 Å². The molecule has 0 heterocycles. The summed E-state index contributed by atoms with van der Waals surface area (Å²) in [5.74, 6) is 0.487. The zero-order valence-corrected chi connectivity index (χ0v) is 7.07. The summed E-state index contributed by atoms with van der Waals surface area (Å²) in [5.41, 5.74) is 5.89. The average Bonchev–Trinajstić information content (AvgIpc) is 2.63. The molecule has 2 rings (SSSR count). The lowest BCUT2D eigenvalue weighted by Crippen LogP contribution is -2.39. The standard InChI is InChI=1S/C9H13NO2/c1-12-9(11)7-5-2-3-6(4-5)8(7)10/h2-3,5-8H,4,10H2,1H3/t5-,6-,7-,8-/m0/s1. The number of carbonyl (C=O) groups excluding carboxylic acids is 1. The van der Waals surface area contributed by atoms with Crippen LogP contribution in [-0.4, -0.2) is 19.1 Å². The lowest BCUT2D eigenvalue weighted by molar-refractivity contribution is -0.146. The summed E-state index contributed by atoms with van der Waals surface area (Å²) in [6.45, 7) is 0. The van der Waals surface area contributed by atoms with Gasteiger partial charge in [0.2, 0.25) is 0 Å². The second-order valence-electron chi connectivity index (χ2n) is 3.57. The third-order valence-electron chi connectivity index (χ3n) is 2.99. The molecule has 0 spiro atoms. The van der Waals surface area contributed by atoms with E-state index in [1.807, 2.05) is 0 Å². The summed E-state index contributed by atoms with van der Waals surface area (Å²) in [4.78, 5) is 11.3. The van der Waals surface area contributed by atoms with Crippen molar-refractivity contribution in [3.8, 4) is 0 Å². The van der Waals surface area contributed by atoms with E-state index in [2.05, 4.69) is 12.2 Å². The number of methoxy groups -OCH3 is 1. The molecule has 1 saturated carbocycles. The molecule has 3 heteroatoms. The molecule has 66 valence electrons. The third kappa shape index (κ3) is 0.894. The Kier molecular flexibility index (Phi) is 1.68. The summed E-state index contributed by atoms with van der Waals surface area (Å²) in [5, 5.41) is 0. The summed E-state index contributed by atoms with van der Waals surface area (Å²) in [6.07, 6.45) is 5.24. The number of hydrogen-bond donors (Lipinski definition) is 1. The molecule has 1 fully saturated rings. The quantitative estimate of drug-likeness (QED) is 0.451. The Balaban J connectivity index is 2.18. The topological polar surface area (TPSA) is 52.3 Å². The Morgan fingerprint density at radius 3 is 2.67 bits per heavy atom. The Hall–Kier alpha value is -0.830. The number of fused-ring (bicyclic) bond motifs is 2. The van der Waals surface area contributed by atoms with Gasteiger partial charge in [0.25, 0.3) is 0 Å². The fourth-order valence-electron chi connectivity index (χ4n) is 2.33. The van der Waals surface area contributed by atoms with Crippen LogP contribution in [-0.2, 0) is 9.53 Å². The molecule has 12 heavy (non-hydrogen) atoms. The first-order valence-electron chi connectivity index (χ1n) is 4.26. The van der Waals surface area contributed by atoms with Gasteiger partial charge in [-0.3, -0.25) is 4.79 Å². The highest BCUT2D eigenvalue weighted by atomic mass is 16.5. The first-order chi connectivity index (χ1) is 5.74. The van der Waals surface area contributed by atoms with Crippen molar-refractivity contribution in [2.75, 3.05) is 7.11 Å². The third-order valence-corrected chi connectivity index (χ3v) is 2.99. The minimum Gasteiger partial charge on any atom is -0.469 e. The smallest absolute Gasteiger partial charge is 0.310 e. The fourth-order valence-corrected chi connectivity index (χ4v) is 2.33. The van der Waals surface area contributed by atoms with Gasteiger partial charge in [-0.25, -0.2) is 0 Å². The maximum Gasteiger partial charge on any atom is 0.310 e. The molecule has 2 bridgehead atoms. The second-order valence-corrected chi connectivity index (χ2v) is 3.57. The average molecular weight is 167 g/mol. The van der Waals surface area contributed by atoms with Crippen LogP contribution in [0.2, 0.25) is 0 Å².